The first kappa shape index (κ1) is 14.8. The zero-order valence-electron chi connectivity index (χ0n) is 10.3. The Hall–Kier alpha value is -1.22. The molecule has 3 N–H and O–H groups in total. The minimum atomic E-state index is 0. The van der Waals surface area contributed by atoms with Gasteiger partial charge in [-0.1, -0.05) is 18.1 Å². The number of fused-ring (bicyclic) bond motifs is 1. The number of rotatable bonds is 2. The van der Waals surface area contributed by atoms with Gasteiger partial charge in [-0.3, -0.25) is 0 Å². The van der Waals surface area contributed by atoms with Crippen LogP contribution in [0.15, 0.2) is 23.2 Å². The van der Waals surface area contributed by atoms with E-state index in [1.165, 1.54) is 24.0 Å². The lowest BCUT2D eigenvalue weighted by molar-refractivity contribution is 0.687. The maximum absolute atomic E-state index is 5.77. The normalized spacial score (nSPS) is 14.1. The lowest BCUT2D eigenvalue weighted by atomic mass is 9.90. The number of aliphatic imine (C=N–C) groups is 1. The number of nitrogens with one attached hydrogen (secondary N) is 1. The van der Waals surface area contributed by atoms with Gasteiger partial charge in [-0.05, 0) is 42.9 Å². The van der Waals surface area contributed by atoms with E-state index in [4.69, 9.17) is 12.2 Å². The second-order valence-corrected chi connectivity index (χ2v) is 4.18. The summed E-state index contributed by atoms with van der Waals surface area (Å²) in [5.41, 5.74) is 9.63. The summed E-state index contributed by atoms with van der Waals surface area (Å²) < 4.78 is 0. The molecule has 0 bridgehead atoms. The molecule has 0 spiro atoms. The van der Waals surface area contributed by atoms with Crippen LogP contribution in [0, 0.1) is 12.3 Å². The fourth-order valence-electron chi connectivity index (χ4n) is 2.21. The molecule has 0 saturated carbocycles. The SMILES string of the molecule is C#CCN=C(N)Nc1cccc2c1CCCC2.I. The van der Waals surface area contributed by atoms with Crippen molar-refractivity contribution in [3.63, 3.8) is 0 Å². The molecule has 0 amide bonds. The second kappa shape index (κ2) is 7.27. The van der Waals surface area contributed by atoms with Crippen molar-refractivity contribution in [2.75, 3.05) is 11.9 Å². The summed E-state index contributed by atoms with van der Waals surface area (Å²) in [5.74, 6) is 2.83. The molecule has 96 valence electrons. The van der Waals surface area contributed by atoms with Crippen LogP contribution < -0.4 is 11.1 Å². The van der Waals surface area contributed by atoms with Crippen molar-refractivity contribution in [2.24, 2.45) is 10.7 Å². The van der Waals surface area contributed by atoms with E-state index in [-0.39, 0.29) is 24.0 Å². The van der Waals surface area contributed by atoms with Gasteiger partial charge < -0.3 is 11.1 Å². The standard InChI is InChI=1S/C14H17N3.HI/c1-2-10-16-14(15)17-13-9-5-7-11-6-3-4-8-12(11)13;/h1,5,7,9H,3-4,6,8,10H2,(H3,15,16,17);1H. The van der Waals surface area contributed by atoms with E-state index in [1.54, 1.807) is 0 Å². The molecular weight excluding hydrogens is 337 g/mol. The van der Waals surface area contributed by atoms with Crippen LogP contribution in [0.2, 0.25) is 0 Å². The van der Waals surface area contributed by atoms with Gasteiger partial charge in [0.2, 0.25) is 0 Å². The second-order valence-electron chi connectivity index (χ2n) is 4.18. The summed E-state index contributed by atoms with van der Waals surface area (Å²) in [4.78, 5) is 4.03. The Labute approximate surface area is 125 Å². The Morgan fingerprint density at radius 1 is 1.39 bits per heavy atom. The number of hydrogen-bond acceptors (Lipinski definition) is 1. The van der Waals surface area contributed by atoms with Crippen molar-refractivity contribution in [1.82, 2.24) is 0 Å². The molecule has 4 heteroatoms. The molecule has 0 atom stereocenters. The molecule has 2 rings (SSSR count). The van der Waals surface area contributed by atoms with Crippen LogP contribution in [0.1, 0.15) is 24.0 Å². The van der Waals surface area contributed by atoms with E-state index in [2.05, 4.69) is 28.4 Å². The largest absolute Gasteiger partial charge is 0.370 e. The van der Waals surface area contributed by atoms with Crippen LogP contribution in [-0.4, -0.2) is 12.5 Å². The average molecular weight is 355 g/mol. The molecule has 3 nitrogen and oxygen atoms in total. The molecule has 0 aliphatic heterocycles. The molecule has 1 aromatic rings. The number of hydrogen-bond donors (Lipinski definition) is 2. The van der Waals surface area contributed by atoms with Gasteiger partial charge in [0.15, 0.2) is 5.96 Å². The zero-order chi connectivity index (χ0) is 12.1. The molecule has 0 unspecified atom stereocenters. The van der Waals surface area contributed by atoms with E-state index >= 15 is 0 Å². The molecule has 0 fully saturated rings. The number of halogens is 1. The molecule has 1 aliphatic rings. The van der Waals surface area contributed by atoms with Gasteiger partial charge in [-0.2, -0.15) is 0 Å². The molecule has 18 heavy (non-hydrogen) atoms. The number of anilines is 1. The molecule has 1 aliphatic carbocycles. The first-order chi connectivity index (χ1) is 8.31. The first-order valence-electron chi connectivity index (χ1n) is 5.92. The van der Waals surface area contributed by atoms with Crippen molar-refractivity contribution < 1.29 is 0 Å². The van der Waals surface area contributed by atoms with Gasteiger partial charge in [0.1, 0.15) is 6.54 Å². The highest BCUT2D eigenvalue weighted by Gasteiger charge is 2.12. The van der Waals surface area contributed by atoms with Crippen molar-refractivity contribution in [3.8, 4) is 12.3 Å². The van der Waals surface area contributed by atoms with E-state index < -0.39 is 0 Å². The Bertz CT molecular complexity index is 474. The van der Waals surface area contributed by atoms with Gasteiger partial charge in [0, 0.05) is 5.69 Å². The maximum Gasteiger partial charge on any atom is 0.194 e. The van der Waals surface area contributed by atoms with Crippen LogP contribution in [0.5, 0.6) is 0 Å². The van der Waals surface area contributed by atoms with E-state index in [9.17, 15) is 0 Å². The van der Waals surface area contributed by atoms with Gasteiger partial charge >= 0.3 is 0 Å². The molecule has 0 heterocycles. The third kappa shape index (κ3) is 3.64. The summed E-state index contributed by atoms with van der Waals surface area (Å²) in [6, 6.07) is 6.29. The molecular formula is C14H18IN3. The fraction of sp³-hybridized carbons (Fsp3) is 0.357. The lowest BCUT2D eigenvalue weighted by Gasteiger charge is -2.19. The minimum absolute atomic E-state index is 0. The van der Waals surface area contributed by atoms with Crippen LogP contribution >= 0.6 is 24.0 Å². The smallest absolute Gasteiger partial charge is 0.194 e. The molecule has 0 radical (unpaired) electrons. The summed E-state index contributed by atoms with van der Waals surface area (Å²) in [6.45, 7) is 0.313. The highest BCUT2D eigenvalue weighted by molar-refractivity contribution is 14.0. The van der Waals surface area contributed by atoms with E-state index in [0.717, 1.165) is 18.5 Å². The third-order valence-electron chi connectivity index (χ3n) is 3.00. The number of nitrogens with two attached hydrogens (primary N) is 1. The molecule has 1 aromatic carbocycles. The van der Waals surface area contributed by atoms with Gasteiger partial charge in [0.25, 0.3) is 0 Å². The topological polar surface area (TPSA) is 50.4 Å². The summed E-state index contributed by atoms with van der Waals surface area (Å²) in [7, 11) is 0. The van der Waals surface area contributed by atoms with Gasteiger partial charge in [-0.15, -0.1) is 30.4 Å². The molecule has 0 aromatic heterocycles. The predicted molar refractivity (Wildman–Crippen MR) is 87.4 cm³/mol. The number of guanidine groups is 1. The third-order valence-corrected chi connectivity index (χ3v) is 3.00. The number of aryl methyl sites for hydroxylation is 1. The molecule has 0 saturated heterocycles. The highest BCUT2D eigenvalue weighted by atomic mass is 127. The number of terminal acetylenes is 1. The Morgan fingerprint density at radius 2 is 2.17 bits per heavy atom. The van der Waals surface area contributed by atoms with Crippen molar-refractivity contribution in [3.05, 3.63) is 29.3 Å². The lowest BCUT2D eigenvalue weighted by Crippen LogP contribution is -2.24. The van der Waals surface area contributed by atoms with Crippen LogP contribution in [0.3, 0.4) is 0 Å². The summed E-state index contributed by atoms with van der Waals surface area (Å²) >= 11 is 0. The summed E-state index contributed by atoms with van der Waals surface area (Å²) in [6.07, 6.45) is 9.93. The zero-order valence-corrected chi connectivity index (χ0v) is 12.6. The van der Waals surface area contributed by atoms with Crippen LogP contribution in [-0.2, 0) is 12.8 Å². The maximum atomic E-state index is 5.77. The average Bonchev–Trinajstić information content (AvgIpc) is 2.37. The number of benzene rings is 1. The fourth-order valence-corrected chi connectivity index (χ4v) is 2.21. The number of nitrogens with zero attached hydrogens (tertiary/aromatic N) is 1. The monoisotopic (exact) mass is 355 g/mol. The Morgan fingerprint density at radius 3 is 2.94 bits per heavy atom. The predicted octanol–water partition coefficient (Wildman–Crippen LogP) is 2.54. The van der Waals surface area contributed by atoms with Gasteiger partial charge in [0.05, 0.1) is 0 Å². The summed E-state index contributed by atoms with van der Waals surface area (Å²) in [5, 5.41) is 3.14. The minimum Gasteiger partial charge on any atom is -0.370 e. The van der Waals surface area contributed by atoms with Crippen LogP contribution in [0.4, 0.5) is 5.69 Å². The van der Waals surface area contributed by atoms with Crippen molar-refractivity contribution in [2.45, 2.75) is 25.7 Å². The van der Waals surface area contributed by atoms with Gasteiger partial charge in [-0.25, -0.2) is 4.99 Å². The highest BCUT2D eigenvalue weighted by Crippen LogP contribution is 2.27. The Balaban J connectivity index is 0.00000162. The van der Waals surface area contributed by atoms with Crippen molar-refractivity contribution >= 4 is 35.6 Å². The van der Waals surface area contributed by atoms with E-state index in [1.807, 2.05) is 6.07 Å². The van der Waals surface area contributed by atoms with E-state index in [0.29, 0.717) is 12.5 Å². The van der Waals surface area contributed by atoms with Crippen molar-refractivity contribution in [1.29, 1.82) is 0 Å². The quantitative estimate of drug-likeness (QED) is 0.371. The Kier molecular flexibility index (Phi) is 5.99. The first-order valence-corrected chi connectivity index (χ1v) is 5.92. The van der Waals surface area contributed by atoms with Crippen LogP contribution in [0.25, 0.3) is 0 Å².